The predicted octanol–water partition coefficient (Wildman–Crippen LogP) is 2.26. The van der Waals surface area contributed by atoms with Gasteiger partial charge in [-0.1, -0.05) is 6.07 Å². The highest BCUT2D eigenvalue weighted by Gasteiger charge is 2.30. The molecule has 1 saturated heterocycles. The lowest BCUT2D eigenvalue weighted by molar-refractivity contribution is -0.134. The first-order valence-electron chi connectivity index (χ1n) is 8.32. The number of hydrogen-bond donors (Lipinski definition) is 1. The van der Waals surface area contributed by atoms with Crippen molar-refractivity contribution in [1.29, 1.82) is 0 Å². The van der Waals surface area contributed by atoms with Gasteiger partial charge >= 0.3 is 0 Å². The average Bonchev–Trinajstić information content (AvgIpc) is 2.56. The minimum absolute atomic E-state index is 0.0395. The van der Waals surface area contributed by atoms with Crippen LogP contribution >= 0.6 is 0 Å². The van der Waals surface area contributed by atoms with Crippen LogP contribution in [0.2, 0.25) is 0 Å². The molecular formula is C18H26FN3O2. The standard InChI is InChI=1S/C18H26FN3O2/c1-12-5-6-15(11-16(12)19)20-17(23)13(2)22-9-7-14(8-10-22)18(24)21(3)4/h5-6,11,13-14H,7-10H2,1-4H3,(H,20,23). The maximum Gasteiger partial charge on any atom is 0.241 e. The summed E-state index contributed by atoms with van der Waals surface area (Å²) in [5, 5.41) is 2.76. The van der Waals surface area contributed by atoms with E-state index in [0.29, 0.717) is 24.3 Å². The van der Waals surface area contributed by atoms with E-state index >= 15 is 0 Å². The third kappa shape index (κ3) is 4.32. The number of likely N-dealkylation sites (tertiary alicyclic amines) is 1. The molecule has 2 rings (SSSR count). The van der Waals surface area contributed by atoms with Gasteiger partial charge in [-0.15, -0.1) is 0 Å². The van der Waals surface area contributed by atoms with E-state index in [-0.39, 0.29) is 29.6 Å². The summed E-state index contributed by atoms with van der Waals surface area (Å²) in [6.07, 6.45) is 1.52. The Kier molecular flexibility index (Phi) is 5.94. The molecular weight excluding hydrogens is 309 g/mol. The molecule has 1 N–H and O–H groups in total. The van der Waals surface area contributed by atoms with Crippen LogP contribution in [-0.4, -0.2) is 54.8 Å². The molecule has 5 nitrogen and oxygen atoms in total. The molecule has 0 aliphatic carbocycles. The van der Waals surface area contributed by atoms with Gasteiger partial charge in [-0.2, -0.15) is 0 Å². The zero-order valence-electron chi connectivity index (χ0n) is 14.8. The summed E-state index contributed by atoms with van der Waals surface area (Å²) in [5.74, 6) is -0.293. The van der Waals surface area contributed by atoms with Crippen molar-refractivity contribution in [3.8, 4) is 0 Å². The smallest absolute Gasteiger partial charge is 0.241 e. The molecule has 132 valence electrons. The van der Waals surface area contributed by atoms with Crippen LogP contribution in [0.15, 0.2) is 18.2 Å². The van der Waals surface area contributed by atoms with Gasteiger partial charge in [0.2, 0.25) is 11.8 Å². The Bertz CT molecular complexity index is 610. The van der Waals surface area contributed by atoms with Crippen molar-refractivity contribution in [2.75, 3.05) is 32.5 Å². The van der Waals surface area contributed by atoms with E-state index in [1.165, 1.54) is 6.07 Å². The molecule has 1 heterocycles. The molecule has 1 aliphatic heterocycles. The number of amides is 2. The fraction of sp³-hybridized carbons (Fsp3) is 0.556. The van der Waals surface area contributed by atoms with Crippen LogP contribution in [0.3, 0.4) is 0 Å². The summed E-state index contributed by atoms with van der Waals surface area (Å²) in [6.45, 7) is 4.94. The Labute approximate surface area is 142 Å². The van der Waals surface area contributed by atoms with E-state index in [1.807, 2.05) is 6.92 Å². The number of anilines is 1. The summed E-state index contributed by atoms with van der Waals surface area (Å²) in [6, 6.07) is 4.37. The van der Waals surface area contributed by atoms with Gasteiger partial charge in [-0.25, -0.2) is 4.39 Å². The minimum atomic E-state index is -0.330. The minimum Gasteiger partial charge on any atom is -0.349 e. The van der Waals surface area contributed by atoms with Crippen molar-refractivity contribution in [3.05, 3.63) is 29.6 Å². The molecule has 0 saturated carbocycles. The maximum absolute atomic E-state index is 13.6. The number of carbonyl (C=O) groups excluding carboxylic acids is 2. The highest BCUT2D eigenvalue weighted by atomic mass is 19.1. The summed E-state index contributed by atoms with van der Waals surface area (Å²) < 4.78 is 13.6. The largest absolute Gasteiger partial charge is 0.349 e. The van der Waals surface area contributed by atoms with Crippen LogP contribution < -0.4 is 5.32 Å². The van der Waals surface area contributed by atoms with Gasteiger partial charge in [-0.05, 0) is 57.5 Å². The first kappa shape index (κ1) is 18.4. The van der Waals surface area contributed by atoms with Crippen molar-refractivity contribution < 1.29 is 14.0 Å². The fourth-order valence-electron chi connectivity index (χ4n) is 2.98. The number of hydrogen-bond acceptors (Lipinski definition) is 3. The third-order valence-corrected chi connectivity index (χ3v) is 4.69. The average molecular weight is 335 g/mol. The molecule has 0 aromatic heterocycles. The summed E-state index contributed by atoms with van der Waals surface area (Å²) in [4.78, 5) is 28.1. The maximum atomic E-state index is 13.6. The number of piperidine rings is 1. The fourth-order valence-corrected chi connectivity index (χ4v) is 2.98. The molecule has 1 unspecified atom stereocenters. The zero-order chi connectivity index (χ0) is 17.9. The van der Waals surface area contributed by atoms with Gasteiger partial charge in [0, 0.05) is 25.7 Å². The lowest BCUT2D eigenvalue weighted by Gasteiger charge is -2.35. The van der Waals surface area contributed by atoms with Gasteiger partial charge in [-0.3, -0.25) is 14.5 Å². The quantitative estimate of drug-likeness (QED) is 0.918. The highest BCUT2D eigenvalue weighted by molar-refractivity contribution is 5.94. The first-order chi connectivity index (χ1) is 11.3. The number of nitrogens with zero attached hydrogens (tertiary/aromatic N) is 2. The van der Waals surface area contributed by atoms with Crippen LogP contribution in [0.1, 0.15) is 25.3 Å². The molecule has 1 atom stereocenters. The predicted molar refractivity (Wildman–Crippen MR) is 92.2 cm³/mol. The van der Waals surface area contributed by atoms with Crippen LogP contribution in [0, 0.1) is 18.7 Å². The number of halogens is 1. The summed E-state index contributed by atoms with van der Waals surface area (Å²) in [7, 11) is 3.54. The number of aryl methyl sites for hydroxylation is 1. The molecule has 2 amide bonds. The van der Waals surface area contributed by atoms with Crippen LogP contribution in [-0.2, 0) is 9.59 Å². The Hall–Kier alpha value is -1.95. The van der Waals surface area contributed by atoms with Gasteiger partial charge in [0.1, 0.15) is 5.82 Å². The van der Waals surface area contributed by atoms with Gasteiger partial charge in [0.05, 0.1) is 6.04 Å². The molecule has 0 bridgehead atoms. The number of nitrogens with one attached hydrogen (secondary N) is 1. The second-order valence-corrected chi connectivity index (χ2v) is 6.67. The SMILES string of the molecule is Cc1ccc(NC(=O)C(C)N2CCC(C(=O)N(C)C)CC2)cc1F. The second kappa shape index (κ2) is 7.75. The molecule has 6 heteroatoms. The summed E-state index contributed by atoms with van der Waals surface area (Å²) >= 11 is 0. The zero-order valence-corrected chi connectivity index (χ0v) is 14.8. The second-order valence-electron chi connectivity index (χ2n) is 6.67. The summed E-state index contributed by atoms with van der Waals surface area (Å²) in [5.41, 5.74) is 1.02. The normalized spacial score (nSPS) is 17.4. The lowest BCUT2D eigenvalue weighted by atomic mass is 9.94. The third-order valence-electron chi connectivity index (χ3n) is 4.69. The van der Waals surface area contributed by atoms with Gasteiger partial charge in [0.15, 0.2) is 0 Å². The Morgan fingerprint density at radius 3 is 2.46 bits per heavy atom. The molecule has 0 spiro atoms. The van der Waals surface area contributed by atoms with E-state index in [1.54, 1.807) is 38.1 Å². The molecule has 1 fully saturated rings. The lowest BCUT2D eigenvalue weighted by Crippen LogP contribution is -2.48. The molecule has 1 aromatic carbocycles. The van der Waals surface area contributed by atoms with E-state index in [0.717, 1.165) is 12.8 Å². The molecule has 1 aromatic rings. The Morgan fingerprint density at radius 1 is 1.29 bits per heavy atom. The van der Waals surface area contributed by atoms with Gasteiger partial charge < -0.3 is 10.2 Å². The van der Waals surface area contributed by atoms with Crippen molar-refractivity contribution in [2.45, 2.75) is 32.7 Å². The number of carbonyl (C=O) groups is 2. The van der Waals surface area contributed by atoms with E-state index in [2.05, 4.69) is 10.2 Å². The van der Waals surface area contributed by atoms with Gasteiger partial charge in [0.25, 0.3) is 0 Å². The monoisotopic (exact) mass is 335 g/mol. The Morgan fingerprint density at radius 2 is 1.92 bits per heavy atom. The van der Waals surface area contributed by atoms with E-state index in [9.17, 15) is 14.0 Å². The van der Waals surface area contributed by atoms with Crippen molar-refractivity contribution in [1.82, 2.24) is 9.80 Å². The van der Waals surface area contributed by atoms with Crippen LogP contribution in [0.4, 0.5) is 10.1 Å². The van der Waals surface area contributed by atoms with Crippen LogP contribution in [0.25, 0.3) is 0 Å². The first-order valence-corrected chi connectivity index (χ1v) is 8.32. The van der Waals surface area contributed by atoms with Crippen molar-refractivity contribution in [2.24, 2.45) is 5.92 Å². The number of rotatable bonds is 4. The number of benzene rings is 1. The van der Waals surface area contributed by atoms with E-state index in [4.69, 9.17) is 0 Å². The van der Waals surface area contributed by atoms with Crippen molar-refractivity contribution in [3.63, 3.8) is 0 Å². The van der Waals surface area contributed by atoms with E-state index < -0.39 is 0 Å². The highest BCUT2D eigenvalue weighted by Crippen LogP contribution is 2.21. The Balaban J connectivity index is 1.90. The van der Waals surface area contributed by atoms with Crippen molar-refractivity contribution >= 4 is 17.5 Å². The topological polar surface area (TPSA) is 52.7 Å². The molecule has 1 aliphatic rings. The molecule has 0 radical (unpaired) electrons. The molecule has 24 heavy (non-hydrogen) atoms. The van der Waals surface area contributed by atoms with Crippen LogP contribution in [0.5, 0.6) is 0 Å².